The van der Waals surface area contributed by atoms with Crippen molar-refractivity contribution in [1.29, 1.82) is 0 Å². The first-order valence-corrected chi connectivity index (χ1v) is 7.32. The van der Waals surface area contributed by atoms with E-state index in [0.29, 0.717) is 27.9 Å². The molecule has 0 radical (unpaired) electrons. The summed E-state index contributed by atoms with van der Waals surface area (Å²) in [4.78, 5) is 8.73. The van der Waals surface area contributed by atoms with E-state index in [-0.39, 0.29) is 0 Å². The van der Waals surface area contributed by atoms with E-state index in [1.165, 1.54) is 0 Å². The lowest BCUT2D eigenvalue weighted by atomic mass is 10.2. The van der Waals surface area contributed by atoms with Gasteiger partial charge in [0.05, 0.1) is 12.8 Å². The van der Waals surface area contributed by atoms with Gasteiger partial charge in [-0.25, -0.2) is 9.97 Å². The Balaban J connectivity index is 2.35. The summed E-state index contributed by atoms with van der Waals surface area (Å²) in [6.45, 7) is 1.92. The van der Waals surface area contributed by atoms with Crippen LogP contribution in [0.3, 0.4) is 0 Å². The zero-order valence-electron chi connectivity index (χ0n) is 11.4. The molecule has 0 atom stereocenters. The van der Waals surface area contributed by atoms with Gasteiger partial charge >= 0.3 is 0 Å². The van der Waals surface area contributed by atoms with Gasteiger partial charge in [-0.2, -0.15) is 0 Å². The molecule has 0 amide bonds. The fourth-order valence-electron chi connectivity index (χ4n) is 2.18. The quantitative estimate of drug-likeness (QED) is 0.749. The highest BCUT2D eigenvalue weighted by Crippen LogP contribution is 2.33. The molecule has 0 spiro atoms. The Hall–Kier alpha value is -1.79. The molecule has 3 rings (SSSR count). The van der Waals surface area contributed by atoms with E-state index >= 15 is 0 Å². The molecule has 0 saturated carbocycles. The number of nitrogen functional groups attached to an aromatic ring is 1. The molecule has 0 aliphatic carbocycles. The van der Waals surface area contributed by atoms with E-state index in [2.05, 4.69) is 25.9 Å². The summed E-state index contributed by atoms with van der Waals surface area (Å²) in [6, 6.07) is 5.53. The molecular formula is C14H12BrClN4O. The first-order valence-electron chi connectivity index (χ1n) is 6.15. The third kappa shape index (κ3) is 2.34. The SMILES string of the molecule is COc1cc(Cl)c(C)cc1-n1c(N)nc2cc(Br)cnc21. The Labute approximate surface area is 134 Å². The van der Waals surface area contributed by atoms with Crippen LogP contribution in [0.2, 0.25) is 5.02 Å². The Morgan fingerprint density at radius 3 is 2.81 bits per heavy atom. The van der Waals surface area contributed by atoms with Crippen LogP contribution in [-0.2, 0) is 0 Å². The Kier molecular flexibility index (Phi) is 3.51. The normalized spacial score (nSPS) is 11.0. The number of pyridine rings is 1. The average Bonchev–Trinajstić information content (AvgIpc) is 2.76. The van der Waals surface area contributed by atoms with Crippen molar-refractivity contribution in [1.82, 2.24) is 14.5 Å². The Morgan fingerprint density at radius 2 is 2.10 bits per heavy atom. The third-order valence-electron chi connectivity index (χ3n) is 3.19. The molecule has 2 N–H and O–H groups in total. The highest BCUT2D eigenvalue weighted by molar-refractivity contribution is 9.10. The number of aromatic nitrogens is 3. The lowest BCUT2D eigenvalue weighted by molar-refractivity contribution is 0.413. The number of imidazole rings is 1. The first-order chi connectivity index (χ1) is 10.0. The molecule has 0 fully saturated rings. The largest absolute Gasteiger partial charge is 0.495 e. The van der Waals surface area contributed by atoms with Gasteiger partial charge in [0, 0.05) is 21.8 Å². The molecule has 0 bridgehead atoms. The van der Waals surface area contributed by atoms with Gasteiger partial charge in [-0.1, -0.05) is 11.6 Å². The van der Waals surface area contributed by atoms with Gasteiger partial charge in [0.2, 0.25) is 5.95 Å². The van der Waals surface area contributed by atoms with E-state index in [0.717, 1.165) is 15.7 Å². The highest BCUT2D eigenvalue weighted by Gasteiger charge is 2.16. The predicted octanol–water partition coefficient (Wildman–Crippen LogP) is 3.74. The van der Waals surface area contributed by atoms with Crippen molar-refractivity contribution in [3.8, 4) is 11.4 Å². The van der Waals surface area contributed by atoms with E-state index in [1.54, 1.807) is 23.9 Å². The number of hydrogen-bond acceptors (Lipinski definition) is 4. The lowest BCUT2D eigenvalue weighted by Crippen LogP contribution is -2.04. The molecular weight excluding hydrogens is 356 g/mol. The molecule has 21 heavy (non-hydrogen) atoms. The topological polar surface area (TPSA) is 66.0 Å². The monoisotopic (exact) mass is 366 g/mol. The molecule has 2 aromatic heterocycles. The third-order valence-corrected chi connectivity index (χ3v) is 4.03. The fourth-order valence-corrected chi connectivity index (χ4v) is 2.65. The minimum atomic E-state index is 0.343. The molecule has 0 aliphatic heterocycles. The summed E-state index contributed by atoms with van der Waals surface area (Å²) < 4.78 is 8.01. The lowest BCUT2D eigenvalue weighted by Gasteiger charge is -2.13. The molecule has 0 aliphatic rings. The number of benzene rings is 1. The minimum absolute atomic E-state index is 0.343. The summed E-state index contributed by atoms with van der Waals surface area (Å²) in [5.41, 5.74) is 9.10. The number of rotatable bonds is 2. The number of ether oxygens (including phenoxy) is 1. The number of anilines is 1. The first kappa shape index (κ1) is 14.2. The van der Waals surface area contributed by atoms with Crippen LogP contribution in [0.25, 0.3) is 16.9 Å². The van der Waals surface area contributed by atoms with Crippen LogP contribution in [0.5, 0.6) is 5.75 Å². The van der Waals surface area contributed by atoms with Crippen molar-refractivity contribution in [3.05, 3.63) is 39.5 Å². The Morgan fingerprint density at radius 1 is 1.33 bits per heavy atom. The molecule has 5 nitrogen and oxygen atoms in total. The number of nitrogens with zero attached hydrogens (tertiary/aromatic N) is 3. The van der Waals surface area contributed by atoms with E-state index in [9.17, 15) is 0 Å². The average molecular weight is 368 g/mol. The van der Waals surface area contributed by atoms with Crippen LogP contribution in [0.15, 0.2) is 28.9 Å². The van der Waals surface area contributed by atoms with Crippen molar-refractivity contribution < 1.29 is 4.74 Å². The Bertz CT molecular complexity index is 847. The number of halogens is 2. The fraction of sp³-hybridized carbons (Fsp3) is 0.143. The second-order valence-electron chi connectivity index (χ2n) is 4.57. The summed E-state index contributed by atoms with van der Waals surface area (Å²) in [5.74, 6) is 0.956. The van der Waals surface area contributed by atoms with Crippen LogP contribution < -0.4 is 10.5 Å². The van der Waals surface area contributed by atoms with Gasteiger partial charge < -0.3 is 10.5 Å². The molecule has 1 aromatic carbocycles. The van der Waals surface area contributed by atoms with Crippen molar-refractivity contribution in [2.45, 2.75) is 6.92 Å². The number of hydrogen-bond donors (Lipinski definition) is 1. The second-order valence-corrected chi connectivity index (χ2v) is 5.90. The van der Waals surface area contributed by atoms with E-state index in [1.807, 2.05) is 19.1 Å². The minimum Gasteiger partial charge on any atom is -0.495 e. The van der Waals surface area contributed by atoms with Crippen molar-refractivity contribution >= 4 is 44.6 Å². The van der Waals surface area contributed by atoms with E-state index < -0.39 is 0 Å². The van der Waals surface area contributed by atoms with Gasteiger partial charge in [0.15, 0.2) is 5.65 Å². The van der Waals surface area contributed by atoms with Crippen LogP contribution in [0, 0.1) is 6.92 Å². The molecule has 0 saturated heterocycles. The van der Waals surface area contributed by atoms with Crippen LogP contribution >= 0.6 is 27.5 Å². The number of methoxy groups -OCH3 is 1. The molecule has 3 aromatic rings. The summed E-state index contributed by atoms with van der Waals surface area (Å²) in [7, 11) is 1.59. The number of aryl methyl sites for hydroxylation is 1. The number of fused-ring (bicyclic) bond motifs is 1. The standard InChI is InChI=1S/C14H12BrClN4O/c1-7-3-11(12(21-2)5-9(7)16)20-13-10(19-14(20)17)4-8(15)6-18-13/h3-6H,1-2H3,(H2,17,19). The molecule has 2 heterocycles. The summed E-state index contributed by atoms with van der Waals surface area (Å²) in [6.07, 6.45) is 1.70. The predicted molar refractivity (Wildman–Crippen MR) is 87.3 cm³/mol. The smallest absolute Gasteiger partial charge is 0.207 e. The highest BCUT2D eigenvalue weighted by atomic mass is 79.9. The maximum absolute atomic E-state index is 6.15. The van der Waals surface area contributed by atoms with Crippen molar-refractivity contribution in [2.75, 3.05) is 12.8 Å². The summed E-state index contributed by atoms with van der Waals surface area (Å²) >= 11 is 9.52. The van der Waals surface area contributed by atoms with Gasteiger partial charge in [-0.05, 0) is 40.5 Å². The maximum atomic E-state index is 6.15. The maximum Gasteiger partial charge on any atom is 0.207 e. The van der Waals surface area contributed by atoms with Crippen LogP contribution in [0.4, 0.5) is 5.95 Å². The van der Waals surface area contributed by atoms with Gasteiger partial charge in [0.1, 0.15) is 11.3 Å². The van der Waals surface area contributed by atoms with Crippen LogP contribution in [-0.4, -0.2) is 21.6 Å². The second kappa shape index (κ2) is 5.20. The zero-order chi connectivity index (χ0) is 15.1. The van der Waals surface area contributed by atoms with Crippen LogP contribution in [0.1, 0.15) is 5.56 Å². The number of nitrogens with two attached hydrogens (primary N) is 1. The van der Waals surface area contributed by atoms with Gasteiger partial charge in [-0.3, -0.25) is 4.57 Å². The zero-order valence-corrected chi connectivity index (χ0v) is 13.7. The van der Waals surface area contributed by atoms with E-state index in [4.69, 9.17) is 22.1 Å². The summed E-state index contributed by atoms with van der Waals surface area (Å²) in [5, 5.41) is 0.634. The molecule has 7 heteroatoms. The molecule has 108 valence electrons. The van der Waals surface area contributed by atoms with Crippen molar-refractivity contribution in [2.24, 2.45) is 0 Å². The van der Waals surface area contributed by atoms with Crippen molar-refractivity contribution in [3.63, 3.8) is 0 Å². The van der Waals surface area contributed by atoms with Gasteiger partial charge in [-0.15, -0.1) is 0 Å². The van der Waals surface area contributed by atoms with Gasteiger partial charge in [0.25, 0.3) is 0 Å². The molecule has 0 unspecified atom stereocenters.